The molecule has 0 bridgehead atoms. The van der Waals surface area contributed by atoms with E-state index in [4.69, 9.17) is 0 Å². The average Bonchev–Trinajstić information content (AvgIpc) is 2.43. The number of aliphatic hydroxyl groups excluding tert-OH is 1. The lowest BCUT2D eigenvalue weighted by atomic mass is 10.0. The van der Waals surface area contributed by atoms with E-state index in [9.17, 15) is 27.5 Å². The maximum atomic E-state index is 12.9. The Kier molecular flexibility index (Phi) is 6.80. The summed E-state index contributed by atoms with van der Waals surface area (Å²) >= 11 is 0. The van der Waals surface area contributed by atoms with Gasteiger partial charge in [-0.05, 0) is 31.0 Å². The fraction of sp³-hybridized carbons (Fsp3) is 0.533. The molecule has 0 radical (unpaired) electrons. The number of alkyl halides is 3. The fourth-order valence-electron chi connectivity index (χ4n) is 1.92. The maximum Gasteiger partial charge on any atom is 0.391 e. The van der Waals surface area contributed by atoms with Gasteiger partial charge in [-0.3, -0.25) is 0 Å². The van der Waals surface area contributed by atoms with Crippen molar-refractivity contribution >= 4 is 6.03 Å². The van der Waals surface area contributed by atoms with Crippen LogP contribution in [0, 0.1) is 5.82 Å². The first kappa shape index (κ1) is 19.2. The molecule has 0 aromatic heterocycles. The van der Waals surface area contributed by atoms with E-state index < -0.39 is 36.6 Å². The van der Waals surface area contributed by atoms with E-state index in [-0.39, 0.29) is 12.1 Å². The highest BCUT2D eigenvalue weighted by Gasteiger charge is 2.33. The van der Waals surface area contributed by atoms with E-state index in [1.807, 2.05) is 0 Å². The molecule has 2 N–H and O–H groups in total. The molecule has 4 nitrogen and oxygen atoms in total. The molecule has 0 aliphatic heterocycles. The first-order valence-electron chi connectivity index (χ1n) is 7.10. The molecule has 2 atom stereocenters. The molecule has 0 aliphatic rings. The van der Waals surface area contributed by atoms with Gasteiger partial charge in [0.1, 0.15) is 5.82 Å². The van der Waals surface area contributed by atoms with Gasteiger partial charge >= 0.3 is 12.2 Å². The summed E-state index contributed by atoms with van der Waals surface area (Å²) in [6.07, 6.45) is -6.04. The van der Waals surface area contributed by atoms with Crippen molar-refractivity contribution in [1.29, 1.82) is 0 Å². The Labute approximate surface area is 132 Å². The van der Waals surface area contributed by atoms with E-state index in [2.05, 4.69) is 5.32 Å². The largest absolute Gasteiger partial charge is 0.393 e. The Morgan fingerprint density at radius 2 is 1.87 bits per heavy atom. The molecule has 0 saturated heterocycles. The van der Waals surface area contributed by atoms with Crippen molar-refractivity contribution in [3.8, 4) is 0 Å². The Morgan fingerprint density at radius 1 is 1.30 bits per heavy atom. The number of nitrogens with one attached hydrogen (secondary N) is 1. The summed E-state index contributed by atoms with van der Waals surface area (Å²) in [6, 6.07) is 2.51. The van der Waals surface area contributed by atoms with Crippen molar-refractivity contribution in [3.63, 3.8) is 0 Å². The van der Waals surface area contributed by atoms with Gasteiger partial charge in [-0.15, -0.1) is 0 Å². The summed E-state index contributed by atoms with van der Waals surface area (Å²) in [4.78, 5) is 13.2. The highest BCUT2D eigenvalue weighted by molar-refractivity contribution is 5.74. The van der Waals surface area contributed by atoms with Crippen molar-refractivity contribution in [3.05, 3.63) is 35.6 Å². The van der Waals surface area contributed by atoms with Gasteiger partial charge in [-0.2, -0.15) is 13.2 Å². The Hall–Kier alpha value is -1.83. The molecule has 23 heavy (non-hydrogen) atoms. The third-order valence-electron chi connectivity index (χ3n) is 3.23. The van der Waals surface area contributed by atoms with Gasteiger partial charge in [0, 0.05) is 13.6 Å². The summed E-state index contributed by atoms with van der Waals surface area (Å²) in [5, 5.41) is 11.5. The number of carbonyl (C=O) groups excluding carboxylic acids is 1. The van der Waals surface area contributed by atoms with Crippen molar-refractivity contribution < 1.29 is 27.5 Å². The number of benzene rings is 1. The minimum Gasteiger partial charge on any atom is -0.393 e. The maximum absolute atomic E-state index is 12.9. The molecule has 0 heterocycles. The molecule has 0 saturated carbocycles. The number of urea groups is 1. The Balaban J connectivity index is 2.80. The van der Waals surface area contributed by atoms with Crippen LogP contribution in [0.15, 0.2) is 24.3 Å². The molecule has 1 rings (SSSR count). The predicted octanol–water partition coefficient (Wildman–Crippen LogP) is 3.23. The van der Waals surface area contributed by atoms with Gasteiger partial charge < -0.3 is 15.3 Å². The van der Waals surface area contributed by atoms with E-state index in [0.717, 1.165) is 12.1 Å². The summed E-state index contributed by atoms with van der Waals surface area (Å²) in [7, 11) is 1.42. The van der Waals surface area contributed by atoms with Crippen LogP contribution in [-0.2, 0) is 0 Å². The molecular weight excluding hydrogens is 316 g/mol. The molecule has 1 aromatic carbocycles. The number of rotatable bonds is 6. The second-order valence-electron chi connectivity index (χ2n) is 5.43. The lowest BCUT2D eigenvalue weighted by molar-refractivity contribution is -0.139. The molecule has 0 fully saturated rings. The fourth-order valence-corrected chi connectivity index (χ4v) is 1.92. The highest BCUT2D eigenvalue weighted by atomic mass is 19.4. The topological polar surface area (TPSA) is 52.6 Å². The molecular formula is C15H20F4N2O2. The number of carbonyl (C=O) groups is 1. The Bertz CT molecular complexity index is 503. The van der Waals surface area contributed by atoms with Crippen LogP contribution in [0.2, 0.25) is 0 Å². The molecule has 0 aliphatic carbocycles. The van der Waals surface area contributed by atoms with Crippen molar-refractivity contribution in [1.82, 2.24) is 10.2 Å². The highest BCUT2D eigenvalue weighted by Crippen LogP contribution is 2.29. The first-order chi connectivity index (χ1) is 10.6. The molecule has 2 amide bonds. The molecule has 8 heteroatoms. The van der Waals surface area contributed by atoms with Crippen molar-refractivity contribution in [2.45, 2.75) is 38.1 Å². The van der Waals surface area contributed by atoms with Crippen LogP contribution in [0.4, 0.5) is 22.4 Å². The van der Waals surface area contributed by atoms with E-state index in [1.54, 1.807) is 6.92 Å². The van der Waals surface area contributed by atoms with E-state index >= 15 is 0 Å². The predicted molar refractivity (Wildman–Crippen MR) is 77.3 cm³/mol. The molecule has 2 unspecified atom stereocenters. The van der Waals surface area contributed by atoms with Gasteiger partial charge in [-0.25, -0.2) is 9.18 Å². The number of nitrogens with zero attached hydrogens (tertiary/aromatic N) is 1. The monoisotopic (exact) mass is 336 g/mol. The van der Waals surface area contributed by atoms with Crippen molar-refractivity contribution in [2.75, 3.05) is 13.6 Å². The second-order valence-corrected chi connectivity index (χ2v) is 5.43. The standard InChI is InChI=1S/C15H20F4N2O2/c1-10(22)7-8-21(2)14(23)20-13(9-15(17,18)19)11-3-5-12(16)6-4-11/h3-6,10,13,22H,7-9H2,1-2H3,(H,20,23). The summed E-state index contributed by atoms with van der Waals surface area (Å²) in [5.41, 5.74) is 0.168. The minimum atomic E-state index is -4.48. The van der Waals surface area contributed by atoms with E-state index in [0.29, 0.717) is 6.42 Å². The van der Waals surface area contributed by atoms with Crippen molar-refractivity contribution in [2.24, 2.45) is 0 Å². The third kappa shape index (κ3) is 7.32. The summed E-state index contributed by atoms with van der Waals surface area (Å²) in [6.45, 7) is 1.75. The molecule has 130 valence electrons. The Morgan fingerprint density at radius 3 is 2.35 bits per heavy atom. The number of hydrogen-bond acceptors (Lipinski definition) is 2. The SMILES string of the molecule is CC(O)CCN(C)C(=O)NC(CC(F)(F)F)c1ccc(F)cc1. The van der Waals surface area contributed by atoms with Gasteiger partial charge in [0.05, 0.1) is 18.6 Å². The van der Waals surface area contributed by atoms with Crippen LogP contribution in [0.5, 0.6) is 0 Å². The van der Waals surface area contributed by atoms with Crippen LogP contribution in [0.25, 0.3) is 0 Å². The lowest BCUT2D eigenvalue weighted by Crippen LogP contribution is -2.41. The van der Waals surface area contributed by atoms with Crippen LogP contribution in [0.1, 0.15) is 31.4 Å². The quantitative estimate of drug-likeness (QED) is 0.784. The van der Waals surface area contributed by atoms with E-state index in [1.165, 1.54) is 24.1 Å². The first-order valence-corrected chi connectivity index (χ1v) is 7.10. The minimum absolute atomic E-state index is 0.168. The van der Waals surface area contributed by atoms with Gasteiger partial charge in [0.2, 0.25) is 0 Å². The number of halogens is 4. The number of aliphatic hydroxyl groups is 1. The van der Waals surface area contributed by atoms with Gasteiger partial charge in [0.25, 0.3) is 0 Å². The molecule has 0 spiro atoms. The van der Waals surface area contributed by atoms with Gasteiger partial charge in [-0.1, -0.05) is 12.1 Å². The normalized spacial score (nSPS) is 14.2. The summed E-state index contributed by atoms with van der Waals surface area (Å²) in [5.74, 6) is -0.570. The molecule has 1 aromatic rings. The van der Waals surface area contributed by atoms with Gasteiger partial charge in [0.15, 0.2) is 0 Å². The zero-order valence-corrected chi connectivity index (χ0v) is 12.9. The zero-order valence-electron chi connectivity index (χ0n) is 12.9. The second kappa shape index (κ2) is 8.14. The van der Waals surface area contributed by atoms with Crippen LogP contribution >= 0.6 is 0 Å². The average molecular weight is 336 g/mol. The summed E-state index contributed by atoms with van der Waals surface area (Å²) < 4.78 is 51.0. The van der Waals surface area contributed by atoms with Crippen LogP contribution in [0.3, 0.4) is 0 Å². The number of hydrogen-bond donors (Lipinski definition) is 2. The third-order valence-corrected chi connectivity index (χ3v) is 3.23. The zero-order chi connectivity index (χ0) is 17.6. The smallest absolute Gasteiger partial charge is 0.391 e. The number of amides is 2. The van der Waals surface area contributed by atoms with Crippen LogP contribution in [-0.4, -0.2) is 41.9 Å². The lowest BCUT2D eigenvalue weighted by Gasteiger charge is -2.25. The van der Waals surface area contributed by atoms with Crippen LogP contribution < -0.4 is 5.32 Å².